The molecule has 2 aromatic rings. The monoisotopic (exact) mass is 498 g/mol. The molecule has 3 rings (SSSR count). The van der Waals surface area contributed by atoms with E-state index < -0.39 is 11.9 Å². The van der Waals surface area contributed by atoms with Gasteiger partial charge in [0.1, 0.15) is 24.0 Å². The zero-order valence-corrected chi connectivity index (χ0v) is 19.6. The van der Waals surface area contributed by atoms with Gasteiger partial charge in [-0.2, -0.15) is 5.26 Å². The lowest BCUT2D eigenvalue weighted by Gasteiger charge is -2.27. The number of nitrogens with two attached hydrogens (primary N) is 1. The summed E-state index contributed by atoms with van der Waals surface area (Å²) in [6, 6.07) is 15.1. The first-order valence-corrected chi connectivity index (χ1v) is 10.7. The molecular weight excluding hydrogens is 476 g/mol. The lowest BCUT2D eigenvalue weighted by molar-refractivity contribution is -0.139. The summed E-state index contributed by atoms with van der Waals surface area (Å²) in [5, 5.41) is 9.75. The summed E-state index contributed by atoms with van der Waals surface area (Å²) in [6.45, 7) is 3.82. The van der Waals surface area contributed by atoms with Crippen LogP contribution in [-0.2, 0) is 20.9 Å². The SMILES string of the molecule is CCOC(=O)C1=C(C)OC(N)=C(C#N)C1c1ccc(OC)c(OCc2cccc(Br)c2)c1. The maximum Gasteiger partial charge on any atom is 0.338 e. The van der Waals surface area contributed by atoms with Gasteiger partial charge >= 0.3 is 5.97 Å². The summed E-state index contributed by atoms with van der Waals surface area (Å²) in [7, 11) is 1.54. The van der Waals surface area contributed by atoms with Crippen LogP contribution in [0.1, 0.15) is 30.9 Å². The maximum atomic E-state index is 12.7. The molecule has 0 saturated carbocycles. The predicted molar refractivity (Wildman–Crippen MR) is 121 cm³/mol. The highest BCUT2D eigenvalue weighted by Gasteiger charge is 2.36. The second kappa shape index (κ2) is 10.2. The molecule has 0 amide bonds. The Kier molecular flexibility index (Phi) is 7.44. The van der Waals surface area contributed by atoms with Gasteiger partial charge in [0.15, 0.2) is 11.5 Å². The molecule has 166 valence electrons. The van der Waals surface area contributed by atoms with Gasteiger partial charge in [-0.05, 0) is 49.2 Å². The molecule has 32 heavy (non-hydrogen) atoms. The van der Waals surface area contributed by atoms with Crippen LogP contribution in [0.25, 0.3) is 0 Å². The molecular formula is C24H23BrN2O5. The van der Waals surface area contributed by atoms with Gasteiger partial charge in [0.25, 0.3) is 0 Å². The van der Waals surface area contributed by atoms with Crippen molar-refractivity contribution in [3.05, 3.63) is 80.9 Å². The molecule has 1 heterocycles. The fraction of sp³-hybridized carbons (Fsp3) is 0.250. The van der Waals surface area contributed by atoms with E-state index in [1.54, 1.807) is 39.2 Å². The topological polar surface area (TPSA) is 104 Å². The summed E-state index contributed by atoms with van der Waals surface area (Å²) in [4.78, 5) is 12.7. The molecule has 0 bridgehead atoms. The number of benzene rings is 2. The molecule has 0 aromatic heterocycles. The van der Waals surface area contributed by atoms with Crippen LogP contribution in [0.15, 0.2) is 69.7 Å². The van der Waals surface area contributed by atoms with Gasteiger partial charge in [-0.25, -0.2) is 4.79 Å². The van der Waals surface area contributed by atoms with Gasteiger partial charge in [-0.15, -0.1) is 0 Å². The van der Waals surface area contributed by atoms with Crippen molar-refractivity contribution in [2.24, 2.45) is 5.73 Å². The minimum absolute atomic E-state index is 0.0459. The number of halogens is 1. The van der Waals surface area contributed by atoms with Crippen molar-refractivity contribution in [2.75, 3.05) is 13.7 Å². The molecule has 0 spiro atoms. The van der Waals surface area contributed by atoms with Crippen LogP contribution in [0.5, 0.6) is 11.5 Å². The second-order valence-electron chi connectivity index (χ2n) is 6.94. The van der Waals surface area contributed by atoms with Gasteiger partial charge in [0.2, 0.25) is 5.88 Å². The van der Waals surface area contributed by atoms with E-state index in [2.05, 4.69) is 22.0 Å². The highest BCUT2D eigenvalue weighted by Crippen LogP contribution is 2.42. The lowest BCUT2D eigenvalue weighted by Crippen LogP contribution is -2.25. The summed E-state index contributed by atoms with van der Waals surface area (Å²) < 4.78 is 23.1. The third kappa shape index (κ3) is 4.89. The van der Waals surface area contributed by atoms with Gasteiger partial charge in [0, 0.05) is 4.47 Å². The first kappa shape index (κ1) is 23.2. The lowest BCUT2D eigenvalue weighted by atomic mass is 9.83. The second-order valence-corrected chi connectivity index (χ2v) is 7.86. The normalized spacial score (nSPS) is 15.7. The van der Waals surface area contributed by atoms with Crippen molar-refractivity contribution in [1.29, 1.82) is 5.26 Å². The number of hydrogen-bond acceptors (Lipinski definition) is 7. The van der Waals surface area contributed by atoms with Crippen LogP contribution in [0.2, 0.25) is 0 Å². The Morgan fingerprint density at radius 1 is 1.25 bits per heavy atom. The smallest absolute Gasteiger partial charge is 0.338 e. The van der Waals surface area contributed by atoms with Crippen molar-refractivity contribution in [1.82, 2.24) is 0 Å². The highest BCUT2D eigenvalue weighted by molar-refractivity contribution is 9.10. The molecule has 0 radical (unpaired) electrons. The zero-order valence-electron chi connectivity index (χ0n) is 18.0. The van der Waals surface area contributed by atoms with Gasteiger partial charge < -0.3 is 24.7 Å². The van der Waals surface area contributed by atoms with Crippen molar-refractivity contribution in [2.45, 2.75) is 26.4 Å². The van der Waals surface area contributed by atoms with E-state index in [4.69, 9.17) is 24.7 Å². The number of carbonyl (C=O) groups is 1. The van der Waals surface area contributed by atoms with E-state index in [9.17, 15) is 10.1 Å². The molecule has 1 aliphatic heterocycles. The first-order chi connectivity index (χ1) is 15.4. The molecule has 1 unspecified atom stereocenters. The predicted octanol–water partition coefficient (Wildman–Crippen LogP) is 4.68. The van der Waals surface area contributed by atoms with Gasteiger partial charge in [0.05, 0.1) is 25.2 Å². The fourth-order valence-corrected chi connectivity index (χ4v) is 3.91. The summed E-state index contributed by atoms with van der Waals surface area (Å²) >= 11 is 3.45. The number of rotatable bonds is 7. The molecule has 0 aliphatic carbocycles. The number of ether oxygens (including phenoxy) is 4. The number of nitriles is 1. The van der Waals surface area contributed by atoms with Crippen molar-refractivity contribution in [3.8, 4) is 17.6 Å². The van der Waals surface area contributed by atoms with Crippen molar-refractivity contribution in [3.63, 3.8) is 0 Å². The Labute approximate surface area is 195 Å². The van der Waals surface area contributed by atoms with Crippen LogP contribution in [-0.4, -0.2) is 19.7 Å². The average molecular weight is 499 g/mol. The molecule has 0 saturated heterocycles. The van der Waals surface area contributed by atoms with Gasteiger partial charge in [-0.1, -0.05) is 34.1 Å². The Morgan fingerprint density at radius 3 is 2.69 bits per heavy atom. The van der Waals surface area contributed by atoms with Crippen LogP contribution < -0.4 is 15.2 Å². The summed E-state index contributed by atoms with van der Waals surface area (Å²) in [5.41, 5.74) is 7.91. The molecule has 0 fully saturated rings. The van der Waals surface area contributed by atoms with Crippen LogP contribution in [0.3, 0.4) is 0 Å². The number of methoxy groups -OCH3 is 1. The Hall–Kier alpha value is -3.44. The number of esters is 1. The quantitative estimate of drug-likeness (QED) is 0.552. The molecule has 1 atom stereocenters. The third-order valence-electron chi connectivity index (χ3n) is 4.91. The van der Waals surface area contributed by atoms with Crippen LogP contribution >= 0.6 is 15.9 Å². The number of carbonyl (C=O) groups excluding carboxylic acids is 1. The Morgan fingerprint density at radius 2 is 2.03 bits per heavy atom. The third-order valence-corrected chi connectivity index (χ3v) is 5.40. The number of allylic oxidation sites excluding steroid dienone is 2. The van der Waals surface area contributed by atoms with E-state index in [1.165, 1.54) is 0 Å². The first-order valence-electron chi connectivity index (χ1n) is 9.90. The molecule has 7 nitrogen and oxygen atoms in total. The minimum Gasteiger partial charge on any atom is -0.493 e. The summed E-state index contributed by atoms with van der Waals surface area (Å²) in [6.07, 6.45) is 0. The van der Waals surface area contributed by atoms with Gasteiger partial charge in [-0.3, -0.25) is 0 Å². The van der Waals surface area contributed by atoms with Crippen LogP contribution in [0, 0.1) is 11.3 Å². The van der Waals surface area contributed by atoms with E-state index in [0.29, 0.717) is 23.7 Å². The van der Waals surface area contributed by atoms with Crippen molar-refractivity contribution < 1.29 is 23.7 Å². The van der Waals surface area contributed by atoms with E-state index in [-0.39, 0.29) is 29.4 Å². The molecule has 2 aromatic carbocycles. The minimum atomic E-state index is -0.757. The molecule has 1 aliphatic rings. The number of nitrogens with zero attached hydrogens (tertiary/aromatic N) is 1. The number of hydrogen-bond donors (Lipinski definition) is 1. The summed E-state index contributed by atoms with van der Waals surface area (Å²) in [5.74, 6) is -0.0970. The van der Waals surface area contributed by atoms with E-state index in [0.717, 1.165) is 10.0 Å². The van der Waals surface area contributed by atoms with E-state index >= 15 is 0 Å². The van der Waals surface area contributed by atoms with Crippen molar-refractivity contribution >= 4 is 21.9 Å². The maximum absolute atomic E-state index is 12.7. The van der Waals surface area contributed by atoms with E-state index in [1.807, 2.05) is 24.3 Å². The zero-order chi connectivity index (χ0) is 23.3. The fourth-order valence-electron chi connectivity index (χ4n) is 3.46. The molecule has 8 heteroatoms. The molecule has 2 N–H and O–H groups in total. The average Bonchev–Trinajstić information content (AvgIpc) is 2.77. The highest BCUT2D eigenvalue weighted by atomic mass is 79.9. The standard InChI is InChI=1S/C24H23BrN2O5/c1-4-30-24(28)21-14(2)32-23(27)18(12-26)22(21)16-8-9-19(29-3)20(11-16)31-13-15-6-5-7-17(25)10-15/h5-11,22H,4,13,27H2,1-3H3. The Bertz CT molecular complexity index is 1130. The van der Waals surface area contributed by atoms with Crippen LogP contribution in [0.4, 0.5) is 0 Å². The Balaban J connectivity index is 2.03. The largest absolute Gasteiger partial charge is 0.493 e.